The highest BCUT2D eigenvalue weighted by Gasteiger charge is 2.35. The third-order valence-electron chi connectivity index (χ3n) is 8.75. The molecule has 1 aliphatic heterocycles. The highest BCUT2D eigenvalue weighted by atomic mass is 19.1. The van der Waals surface area contributed by atoms with Gasteiger partial charge >= 0.3 is 0 Å². The molecule has 0 spiro atoms. The number of carbonyl (C=O) groups is 1. The van der Waals surface area contributed by atoms with E-state index in [0.717, 1.165) is 25.8 Å². The third kappa shape index (κ3) is 5.02. The SMILES string of the molecule is Cc1cccc(C2c3ccccc3CCN2CC(=O)N(Cc2ccccc2F)C2Cc3ccccc3C2)c1C. The fourth-order valence-corrected chi connectivity index (χ4v) is 6.47. The van der Waals surface area contributed by atoms with Crippen molar-refractivity contribution in [3.05, 3.63) is 141 Å². The number of halogens is 1. The molecule has 1 aliphatic carbocycles. The van der Waals surface area contributed by atoms with Crippen LogP contribution in [0.5, 0.6) is 0 Å². The maximum absolute atomic E-state index is 14.8. The van der Waals surface area contributed by atoms with Crippen LogP contribution in [0.4, 0.5) is 4.39 Å². The van der Waals surface area contributed by atoms with E-state index >= 15 is 0 Å². The summed E-state index contributed by atoms with van der Waals surface area (Å²) in [4.78, 5) is 18.5. The maximum Gasteiger partial charge on any atom is 0.237 e. The summed E-state index contributed by atoms with van der Waals surface area (Å²) in [5.41, 5.74) is 9.54. The van der Waals surface area contributed by atoms with Crippen molar-refractivity contribution in [2.75, 3.05) is 13.1 Å². The lowest BCUT2D eigenvalue weighted by molar-refractivity contribution is -0.136. The summed E-state index contributed by atoms with van der Waals surface area (Å²) in [7, 11) is 0. The average molecular weight is 519 g/mol. The smallest absolute Gasteiger partial charge is 0.237 e. The molecule has 4 aromatic rings. The van der Waals surface area contributed by atoms with Crippen LogP contribution in [-0.4, -0.2) is 34.8 Å². The summed E-state index contributed by atoms with van der Waals surface area (Å²) >= 11 is 0. The van der Waals surface area contributed by atoms with Crippen molar-refractivity contribution in [3.8, 4) is 0 Å². The predicted molar refractivity (Wildman–Crippen MR) is 154 cm³/mol. The largest absolute Gasteiger partial charge is 0.333 e. The molecule has 0 N–H and O–H groups in total. The van der Waals surface area contributed by atoms with Gasteiger partial charge in [0.1, 0.15) is 5.82 Å². The Bertz CT molecular complexity index is 1490. The van der Waals surface area contributed by atoms with Gasteiger partial charge < -0.3 is 4.90 Å². The predicted octanol–water partition coefficient (Wildman–Crippen LogP) is 6.59. The summed E-state index contributed by atoms with van der Waals surface area (Å²) in [5, 5.41) is 0. The zero-order chi connectivity index (χ0) is 26.9. The number of hydrogen-bond donors (Lipinski definition) is 0. The van der Waals surface area contributed by atoms with Crippen molar-refractivity contribution in [1.29, 1.82) is 0 Å². The molecule has 2 aliphatic rings. The number of hydrogen-bond acceptors (Lipinski definition) is 2. The Morgan fingerprint density at radius 2 is 1.46 bits per heavy atom. The molecule has 1 atom stereocenters. The Morgan fingerprint density at radius 1 is 0.821 bits per heavy atom. The first kappa shape index (κ1) is 25.5. The van der Waals surface area contributed by atoms with Crippen LogP contribution in [-0.2, 0) is 30.6 Å². The second-order valence-electron chi connectivity index (χ2n) is 11.1. The van der Waals surface area contributed by atoms with Crippen molar-refractivity contribution < 1.29 is 9.18 Å². The molecule has 1 heterocycles. The van der Waals surface area contributed by atoms with Crippen LogP contribution >= 0.6 is 0 Å². The first-order chi connectivity index (χ1) is 19.0. The molecule has 198 valence electrons. The van der Waals surface area contributed by atoms with Gasteiger partial charge in [0, 0.05) is 24.7 Å². The molecule has 0 aromatic heterocycles. The lowest BCUT2D eigenvalue weighted by Gasteiger charge is -2.40. The van der Waals surface area contributed by atoms with E-state index in [1.54, 1.807) is 12.1 Å². The Morgan fingerprint density at radius 3 is 2.21 bits per heavy atom. The lowest BCUT2D eigenvalue weighted by Crippen LogP contribution is -2.48. The standard InChI is InChI=1S/C35H35FN2O/c1-24-10-9-16-31(25(24)2)35-32-15-7-5-11-26(32)18-19-37(35)23-34(39)38(22-29-14-6-8-17-33(29)36)30-20-27-12-3-4-13-28(27)21-30/h3-17,30,35H,18-23H2,1-2H3. The number of amides is 1. The minimum absolute atomic E-state index is 0.00915. The van der Waals surface area contributed by atoms with E-state index in [9.17, 15) is 9.18 Å². The van der Waals surface area contributed by atoms with E-state index in [1.807, 2.05) is 11.0 Å². The van der Waals surface area contributed by atoms with E-state index in [4.69, 9.17) is 0 Å². The molecule has 3 nitrogen and oxygen atoms in total. The molecule has 0 saturated carbocycles. The normalized spacial score (nSPS) is 17.1. The van der Waals surface area contributed by atoms with Crippen LogP contribution in [0.3, 0.4) is 0 Å². The Balaban J connectivity index is 1.34. The molecule has 1 amide bonds. The van der Waals surface area contributed by atoms with Crippen LogP contribution in [0.1, 0.15) is 50.5 Å². The van der Waals surface area contributed by atoms with Crippen LogP contribution in [0.15, 0.2) is 91.0 Å². The van der Waals surface area contributed by atoms with Crippen molar-refractivity contribution in [2.24, 2.45) is 0 Å². The zero-order valence-corrected chi connectivity index (χ0v) is 22.7. The Labute approximate surface area is 230 Å². The van der Waals surface area contributed by atoms with Crippen LogP contribution in [0.25, 0.3) is 0 Å². The number of benzene rings is 4. The molecule has 0 bridgehead atoms. The van der Waals surface area contributed by atoms with Gasteiger partial charge in [-0.25, -0.2) is 4.39 Å². The van der Waals surface area contributed by atoms with Gasteiger partial charge in [0.2, 0.25) is 5.91 Å². The number of fused-ring (bicyclic) bond motifs is 2. The molecule has 4 aromatic carbocycles. The first-order valence-corrected chi connectivity index (χ1v) is 14.0. The highest BCUT2D eigenvalue weighted by molar-refractivity contribution is 5.79. The van der Waals surface area contributed by atoms with Crippen LogP contribution < -0.4 is 0 Å². The lowest BCUT2D eigenvalue weighted by atomic mass is 9.85. The molecular weight excluding hydrogens is 483 g/mol. The van der Waals surface area contributed by atoms with Gasteiger partial charge in [-0.3, -0.25) is 9.69 Å². The van der Waals surface area contributed by atoms with Crippen molar-refractivity contribution >= 4 is 5.91 Å². The van der Waals surface area contributed by atoms with E-state index in [0.29, 0.717) is 12.1 Å². The summed E-state index contributed by atoms with van der Waals surface area (Å²) in [6.45, 7) is 5.72. The Hall–Kier alpha value is -3.76. The quantitative estimate of drug-likeness (QED) is 0.288. The maximum atomic E-state index is 14.8. The number of rotatable bonds is 6. The molecular formula is C35H35FN2O. The molecule has 4 heteroatoms. The van der Waals surface area contributed by atoms with Crippen molar-refractivity contribution in [1.82, 2.24) is 9.80 Å². The monoisotopic (exact) mass is 518 g/mol. The van der Waals surface area contributed by atoms with Crippen LogP contribution in [0, 0.1) is 19.7 Å². The molecule has 1 unspecified atom stereocenters. The van der Waals surface area contributed by atoms with Crippen molar-refractivity contribution in [2.45, 2.75) is 51.7 Å². The van der Waals surface area contributed by atoms with Gasteiger partial charge in [-0.2, -0.15) is 0 Å². The molecule has 39 heavy (non-hydrogen) atoms. The van der Waals surface area contributed by atoms with Gasteiger partial charge in [0.05, 0.1) is 12.6 Å². The first-order valence-electron chi connectivity index (χ1n) is 14.0. The van der Waals surface area contributed by atoms with E-state index in [-0.39, 0.29) is 30.4 Å². The van der Waals surface area contributed by atoms with Gasteiger partial charge in [-0.1, -0.05) is 84.9 Å². The van der Waals surface area contributed by atoms with Crippen molar-refractivity contribution in [3.63, 3.8) is 0 Å². The molecule has 6 rings (SSSR count). The topological polar surface area (TPSA) is 23.6 Å². The van der Waals surface area contributed by atoms with Crippen LogP contribution in [0.2, 0.25) is 0 Å². The minimum Gasteiger partial charge on any atom is -0.333 e. The van der Waals surface area contributed by atoms with Gasteiger partial charge in [-0.05, 0) is 78.1 Å². The number of carbonyl (C=O) groups excluding carboxylic acids is 1. The molecule has 0 fully saturated rings. The highest BCUT2D eigenvalue weighted by Crippen LogP contribution is 2.37. The summed E-state index contributed by atoms with van der Waals surface area (Å²) in [6.07, 6.45) is 2.52. The van der Waals surface area contributed by atoms with E-state index in [1.165, 1.54) is 45.0 Å². The summed E-state index contributed by atoms with van der Waals surface area (Å²) < 4.78 is 14.8. The summed E-state index contributed by atoms with van der Waals surface area (Å²) in [6, 6.07) is 30.4. The molecule has 0 radical (unpaired) electrons. The van der Waals surface area contributed by atoms with Gasteiger partial charge in [0.25, 0.3) is 0 Å². The fourth-order valence-electron chi connectivity index (χ4n) is 6.47. The number of aryl methyl sites for hydroxylation is 1. The fraction of sp³-hybridized carbons (Fsp3) is 0.286. The minimum atomic E-state index is -0.258. The molecule has 0 saturated heterocycles. The third-order valence-corrected chi connectivity index (χ3v) is 8.75. The summed E-state index contributed by atoms with van der Waals surface area (Å²) in [5.74, 6) is -0.197. The number of nitrogens with zero attached hydrogens (tertiary/aromatic N) is 2. The second-order valence-corrected chi connectivity index (χ2v) is 11.1. The van der Waals surface area contributed by atoms with Gasteiger partial charge in [0.15, 0.2) is 0 Å². The van der Waals surface area contributed by atoms with E-state index in [2.05, 4.69) is 85.5 Å². The second kappa shape index (κ2) is 10.8. The Kier molecular flexibility index (Phi) is 7.05. The van der Waals surface area contributed by atoms with Gasteiger partial charge in [-0.15, -0.1) is 0 Å². The van der Waals surface area contributed by atoms with E-state index < -0.39 is 0 Å². The zero-order valence-electron chi connectivity index (χ0n) is 22.7. The average Bonchev–Trinajstić information content (AvgIpc) is 3.38.